The third kappa shape index (κ3) is 2.92. The minimum atomic E-state index is -0.420. The molecule has 0 heterocycles. The Balaban J connectivity index is 2.85. The highest BCUT2D eigenvalue weighted by molar-refractivity contribution is 5.95. The molecule has 0 bridgehead atoms. The largest absolute Gasteiger partial charge is 0.508 e. The molecule has 0 saturated heterocycles. The van der Waals surface area contributed by atoms with E-state index in [2.05, 4.69) is 11.2 Å². The molecule has 0 aliphatic heterocycles. The number of amides is 1. The summed E-state index contributed by atoms with van der Waals surface area (Å²) in [5.41, 5.74) is 0.172. The maximum Gasteiger partial charge on any atom is 0.252 e. The van der Waals surface area contributed by atoms with E-state index in [9.17, 15) is 15.0 Å². The van der Waals surface area contributed by atoms with Gasteiger partial charge in [-0.2, -0.15) is 0 Å². The van der Waals surface area contributed by atoms with Crippen LogP contribution in [0.3, 0.4) is 0 Å². The SMILES string of the molecule is C#CC(CC)NC(=O)c1cc(O)cc(O)c1. The lowest BCUT2D eigenvalue weighted by atomic mass is 10.1. The first-order valence-electron chi connectivity index (χ1n) is 4.86. The van der Waals surface area contributed by atoms with E-state index in [1.165, 1.54) is 12.1 Å². The van der Waals surface area contributed by atoms with E-state index >= 15 is 0 Å². The standard InChI is InChI=1S/C12H13NO3/c1-3-9(4-2)13-12(16)8-5-10(14)7-11(15)6-8/h1,5-7,9,14-15H,4H2,2H3,(H,13,16). The van der Waals surface area contributed by atoms with Gasteiger partial charge in [-0.15, -0.1) is 6.42 Å². The quantitative estimate of drug-likeness (QED) is 0.670. The summed E-state index contributed by atoms with van der Waals surface area (Å²) >= 11 is 0. The molecule has 3 N–H and O–H groups in total. The molecule has 1 rings (SSSR count). The second-order valence-electron chi connectivity index (χ2n) is 3.34. The van der Waals surface area contributed by atoms with Gasteiger partial charge in [-0.25, -0.2) is 0 Å². The molecular formula is C12H13NO3. The first-order valence-corrected chi connectivity index (χ1v) is 4.86. The number of hydrogen-bond acceptors (Lipinski definition) is 3. The Morgan fingerprint density at radius 3 is 2.44 bits per heavy atom. The van der Waals surface area contributed by atoms with Crippen LogP contribution in [0.4, 0.5) is 0 Å². The third-order valence-electron chi connectivity index (χ3n) is 2.08. The van der Waals surface area contributed by atoms with E-state index in [-0.39, 0.29) is 23.1 Å². The van der Waals surface area contributed by atoms with Gasteiger partial charge in [0.1, 0.15) is 11.5 Å². The Hall–Kier alpha value is -2.15. The molecule has 1 aromatic rings. The average molecular weight is 219 g/mol. The van der Waals surface area contributed by atoms with Gasteiger partial charge in [0.05, 0.1) is 6.04 Å². The lowest BCUT2D eigenvalue weighted by Crippen LogP contribution is -2.33. The summed E-state index contributed by atoms with van der Waals surface area (Å²) in [7, 11) is 0. The van der Waals surface area contributed by atoms with Gasteiger partial charge in [-0.1, -0.05) is 12.8 Å². The minimum Gasteiger partial charge on any atom is -0.508 e. The zero-order valence-electron chi connectivity index (χ0n) is 8.90. The van der Waals surface area contributed by atoms with Crippen molar-refractivity contribution in [3.63, 3.8) is 0 Å². The van der Waals surface area contributed by atoms with Gasteiger partial charge in [0.25, 0.3) is 5.91 Å². The molecule has 0 aliphatic rings. The van der Waals surface area contributed by atoms with Crippen LogP contribution in [-0.4, -0.2) is 22.2 Å². The molecule has 0 saturated carbocycles. The fourth-order valence-corrected chi connectivity index (χ4v) is 1.23. The van der Waals surface area contributed by atoms with E-state index in [0.29, 0.717) is 6.42 Å². The highest BCUT2D eigenvalue weighted by Crippen LogP contribution is 2.20. The first-order chi connectivity index (χ1) is 7.56. The monoisotopic (exact) mass is 219 g/mol. The number of phenols is 2. The van der Waals surface area contributed by atoms with Crippen molar-refractivity contribution in [3.05, 3.63) is 23.8 Å². The predicted octanol–water partition coefficient (Wildman–Crippen LogP) is 1.24. The molecule has 0 aromatic heterocycles. The van der Waals surface area contributed by atoms with Crippen LogP contribution in [0.5, 0.6) is 11.5 Å². The van der Waals surface area contributed by atoms with Crippen molar-refractivity contribution in [1.82, 2.24) is 5.32 Å². The molecule has 4 heteroatoms. The van der Waals surface area contributed by atoms with E-state index in [1.54, 1.807) is 0 Å². The molecule has 0 fully saturated rings. The van der Waals surface area contributed by atoms with Crippen molar-refractivity contribution in [2.75, 3.05) is 0 Å². The second kappa shape index (κ2) is 5.08. The second-order valence-corrected chi connectivity index (χ2v) is 3.34. The van der Waals surface area contributed by atoms with Crippen molar-refractivity contribution in [2.24, 2.45) is 0 Å². The summed E-state index contributed by atoms with van der Waals surface area (Å²) in [5, 5.41) is 21.0. The average Bonchev–Trinajstić information content (AvgIpc) is 2.24. The number of phenolic OH excluding ortho intramolecular Hbond substituents is 2. The summed E-state index contributed by atoms with van der Waals surface area (Å²) in [6.07, 6.45) is 5.82. The molecule has 1 atom stereocenters. The van der Waals surface area contributed by atoms with Gasteiger partial charge in [0.2, 0.25) is 0 Å². The van der Waals surface area contributed by atoms with Crippen LogP contribution in [0.15, 0.2) is 18.2 Å². The number of carbonyl (C=O) groups is 1. The number of aromatic hydroxyl groups is 2. The van der Waals surface area contributed by atoms with Crippen molar-refractivity contribution < 1.29 is 15.0 Å². The Morgan fingerprint density at radius 1 is 1.44 bits per heavy atom. The molecule has 1 unspecified atom stereocenters. The zero-order chi connectivity index (χ0) is 12.1. The van der Waals surface area contributed by atoms with Gasteiger partial charge in [0, 0.05) is 11.6 Å². The molecule has 1 aromatic carbocycles. The molecule has 16 heavy (non-hydrogen) atoms. The smallest absolute Gasteiger partial charge is 0.252 e. The van der Waals surface area contributed by atoms with Crippen LogP contribution < -0.4 is 5.32 Å². The molecule has 1 amide bonds. The summed E-state index contributed by atoms with van der Waals surface area (Å²) in [6.45, 7) is 1.85. The molecule has 84 valence electrons. The van der Waals surface area contributed by atoms with Crippen LogP contribution in [0, 0.1) is 12.3 Å². The third-order valence-corrected chi connectivity index (χ3v) is 2.08. The van der Waals surface area contributed by atoms with E-state index < -0.39 is 5.91 Å². The van der Waals surface area contributed by atoms with E-state index in [4.69, 9.17) is 6.42 Å². The van der Waals surface area contributed by atoms with Crippen molar-refractivity contribution in [3.8, 4) is 23.8 Å². The van der Waals surface area contributed by atoms with Gasteiger partial charge >= 0.3 is 0 Å². The molecule has 4 nitrogen and oxygen atoms in total. The zero-order valence-corrected chi connectivity index (χ0v) is 8.90. The highest BCUT2D eigenvalue weighted by atomic mass is 16.3. The van der Waals surface area contributed by atoms with E-state index in [1.807, 2.05) is 6.92 Å². The van der Waals surface area contributed by atoms with Crippen LogP contribution >= 0.6 is 0 Å². The van der Waals surface area contributed by atoms with Crippen LogP contribution in [0.2, 0.25) is 0 Å². The number of nitrogens with one attached hydrogen (secondary N) is 1. The molecular weight excluding hydrogens is 206 g/mol. The maximum atomic E-state index is 11.6. The summed E-state index contributed by atoms with van der Waals surface area (Å²) in [4.78, 5) is 11.6. The maximum absolute atomic E-state index is 11.6. The summed E-state index contributed by atoms with van der Waals surface area (Å²) in [6, 6.07) is 3.32. The molecule has 0 radical (unpaired) electrons. The Morgan fingerprint density at radius 2 is 2.00 bits per heavy atom. The number of benzene rings is 1. The highest BCUT2D eigenvalue weighted by Gasteiger charge is 2.11. The minimum absolute atomic E-state index is 0.168. The molecule has 0 spiro atoms. The van der Waals surface area contributed by atoms with Crippen molar-refractivity contribution in [1.29, 1.82) is 0 Å². The summed E-state index contributed by atoms with van der Waals surface area (Å²) in [5.74, 6) is 1.67. The Labute approximate surface area is 93.9 Å². The van der Waals surface area contributed by atoms with Gasteiger partial charge in [-0.05, 0) is 18.6 Å². The van der Waals surface area contributed by atoms with Crippen LogP contribution in [-0.2, 0) is 0 Å². The number of hydrogen-bond donors (Lipinski definition) is 3. The fourth-order valence-electron chi connectivity index (χ4n) is 1.23. The topological polar surface area (TPSA) is 69.6 Å². The Kier molecular flexibility index (Phi) is 3.78. The van der Waals surface area contributed by atoms with Gasteiger partial charge in [0.15, 0.2) is 0 Å². The first kappa shape index (κ1) is 11.9. The van der Waals surface area contributed by atoms with Gasteiger partial charge < -0.3 is 15.5 Å². The fraction of sp³-hybridized carbons (Fsp3) is 0.250. The Bertz CT molecular complexity index is 414. The summed E-state index contributed by atoms with van der Waals surface area (Å²) < 4.78 is 0. The number of rotatable bonds is 3. The van der Waals surface area contributed by atoms with Crippen LogP contribution in [0.25, 0.3) is 0 Å². The van der Waals surface area contributed by atoms with Crippen LogP contribution in [0.1, 0.15) is 23.7 Å². The van der Waals surface area contributed by atoms with Crippen molar-refractivity contribution in [2.45, 2.75) is 19.4 Å². The van der Waals surface area contributed by atoms with Gasteiger partial charge in [-0.3, -0.25) is 4.79 Å². The van der Waals surface area contributed by atoms with Crippen molar-refractivity contribution >= 4 is 5.91 Å². The number of terminal acetylenes is 1. The molecule has 0 aliphatic carbocycles. The normalized spacial score (nSPS) is 11.5. The predicted molar refractivity (Wildman–Crippen MR) is 60.1 cm³/mol. The van der Waals surface area contributed by atoms with E-state index in [0.717, 1.165) is 6.07 Å². The lowest BCUT2D eigenvalue weighted by molar-refractivity contribution is 0.0944. The number of carbonyl (C=O) groups excluding carboxylic acids is 1. The lowest BCUT2D eigenvalue weighted by Gasteiger charge is -2.10.